The van der Waals surface area contributed by atoms with Crippen molar-refractivity contribution >= 4 is 33.3 Å². The molecule has 0 radical (unpaired) electrons. The van der Waals surface area contributed by atoms with E-state index in [-0.39, 0.29) is 16.8 Å². The lowest BCUT2D eigenvalue weighted by Crippen LogP contribution is -2.37. The summed E-state index contributed by atoms with van der Waals surface area (Å²) < 4.78 is 4.36. The Kier molecular flexibility index (Phi) is 6.73. The predicted octanol–water partition coefficient (Wildman–Crippen LogP) is 1.98. The van der Waals surface area contributed by atoms with E-state index in [4.69, 9.17) is 4.98 Å². The highest BCUT2D eigenvalue weighted by atomic mass is 32.2. The minimum Gasteiger partial charge on any atom is -0.309 e. The molecule has 0 atom stereocenters. The number of hydrogen-bond donors (Lipinski definition) is 0. The molecule has 10 heteroatoms. The quantitative estimate of drug-likeness (QED) is 0.384. The van der Waals surface area contributed by atoms with Crippen LogP contribution in [0.15, 0.2) is 25.6 Å². The number of aryl methyl sites for hydroxylation is 2. The number of fused-ring (bicyclic) bond motifs is 3. The molecule has 4 rings (SSSR count). The van der Waals surface area contributed by atoms with Crippen molar-refractivity contribution in [3.05, 3.63) is 53.4 Å². The van der Waals surface area contributed by atoms with Gasteiger partial charge in [-0.3, -0.25) is 23.3 Å². The van der Waals surface area contributed by atoms with E-state index in [1.54, 1.807) is 23.0 Å². The Bertz CT molecular complexity index is 1330. The Balaban J connectivity index is 1.74. The molecule has 1 aliphatic rings. The van der Waals surface area contributed by atoms with Crippen molar-refractivity contribution in [2.45, 2.75) is 49.6 Å². The van der Waals surface area contributed by atoms with Crippen molar-refractivity contribution in [3.63, 3.8) is 0 Å². The SMILES string of the molecule is CN(C)CCCn1c(SCc2cc(=O)n(C)c(=O)n2C)nc2sc3c(c2c1=O)CCCC3. The Morgan fingerprint density at radius 2 is 1.88 bits per heavy atom. The van der Waals surface area contributed by atoms with Crippen molar-refractivity contribution < 1.29 is 0 Å². The first-order valence-electron chi connectivity index (χ1n) is 10.9. The van der Waals surface area contributed by atoms with Gasteiger partial charge in [-0.05, 0) is 58.3 Å². The van der Waals surface area contributed by atoms with Crippen LogP contribution in [0.2, 0.25) is 0 Å². The van der Waals surface area contributed by atoms with Gasteiger partial charge in [-0.15, -0.1) is 11.3 Å². The number of rotatable bonds is 7. The van der Waals surface area contributed by atoms with Gasteiger partial charge in [0.25, 0.3) is 11.1 Å². The largest absolute Gasteiger partial charge is 0.330 e. The number of thioether (sulfide) groups is 1. The van der Waals surface area contributed by atoms with Crippen molar-refractivity contribution in [2.75, 3.05) is 20.6 Å². The van der Waals surface area contributed by atoms with Crippen LogP contribution in [0.1, 0.15) is 35.4 Å². The molecule has 1 aliphatic carbocycles. The molecule has 0 saturated heterocycles. The molecule has 0 saturated carbocycles. The topological polar surface area (TPSA) is 82.1 Å². The molecule has 8 nitrogen and oxygen atoms in total. The molecule has 3 aromatic rings. The van der Waals surface area contributed by atoms with Crippen LogP contribution in [0.4, 0.5) is 0 Å². The lowest BCUT2D eigenvalue weighted by Gasteiger charge is -2.15. The molecule has 0 bridgehead atoms. The van der Waals surface area contributed by atoms with Crippen LogP contribution in [-0.2, 0) is 39.2 Å². The summed E-state index contributed by atoms with van der Waals surface area (Å²) in [7, 11) is 7.17. The van der Waals surface area contributed by atoms with E-state index >= 15 is 0 Å². The summed E-state index contributed by atoms with van der Waals surface area (Å²) in [5.74, 6) is 0.387. The van der Waals surface area contributed by atoms with Crippen LogP contribution in [0, 0.1) is 0 Å². The van der Waals surface area contributed by atoms with Crippen LogP contribution < -0.4 is 16.8 Å². The normalized spacial score (nSPS) is 13.8. The van der Waals surface area contributed by atoms with Crippen molar-refractivity contribution in [2.24, 2.45) is 14.1 Å². The zero-order valence-electron chi connectivity index (χ0n) is 19.0. The third-order valence-electron chi connectivity index (χ3n) is 6.00. The van der Waals surface area contributed by atoms with Gasteiger partial charge >= 0.3 is 5.69 Å². The standard InChI is InChI=1S/C22H29N5O3S2/c1-24(2)10-7-11-27-20(29)18-15-8-5-6-9-16(15)32-19(18)23-21(27)31-13-14-12-17(28)26(4)22(30)25(14)3/h12H,5-11,13H2,1-4H3. The van der Waals surface area contributed by atoms with Crippen molar-refractivity contribution in [1.82, 2.24) is 23.6 Å². The lowest BCUT2D eigenvalue weighted by molar-refractivity contribution is 0.379. The molecular weight excluding hydrogens is 446 g/mol. The maximum absolute atomic E-state index is 13.6. The summed E-state index contributed by atoms with van der Waals surface area (Å²) in [5, 5.41) is 1.44. The second-order valence-electron chi connectivity index (χ2n) is 8.56. The van der Waals surface area contributed by atoms with Crippen molar-refractivity contribution in [1.29, 1.82) is 0 Å². The Labute approximate surface area is 194 Å². The van der Waals surface area contributed by atoms with E-state index in [1.807, 2.05) is 14.1 Å². The molecule has 0 fully saturated rings. The molecule has 0 aromatic carbocycles. The first-order chi connectivity index (χ1) is 15.3. The number of hydrogen-bond acceptors (Lipinski definition) is 7. The highest BCUT2D eigenvalue weighted by Crippen LogP contribution is 2.35. The number of thiophene rings is 1. The zero-order chi connectivity index (χ0) is 23.0. The molecule has 0 spiro atoms. The fourth-order valence-electron chi connectivity index (χ4n) is 4.13. The van der Waals surface area contributed by atoms with E-state index < -0.39 is 0 Å². The third kappa shape index (κ3) is 4.35. The predicted molar refractivity (Wildman–Crippen MR) is 130 cm³/mol. The van der Waals surface area contributed by atoms with Crippen LogP contribution >= 0.6 is 23.1 Å². The summed E-state index contributed by atoms with van der Waals surface area (Å²) in [4.78, 5) is 47.1. The smallest absolute Gasteiger partial charge is 0.309 e. The third-order valence-corrected chi connectivity index (χ3v) is 8.20. The molecule has 32 heavy (non-hydrogen) atoms. The molecule has 3 aromatic heterocycles. The van der Waals surface area contributed by atoms with E-state index in [0.717, 1.165) is 53.4 Å². The summed E-state index contributed by atoms with van der Waals surface area (Å²) in [6, 6.07) is 1.48. The van der Waals surface area contributed by atoms with Gasteiger partial charge in [0.15, 0.2) is 5.16 Å². The minimum absolute atomic E-state index is 0.0357. The summed E-state index contributed by atoms with van der Waals surface area (Å²) in [6.45, 7) is 1.46. The fourth-order valence-corrected chi connectivity index (χ4v) is 6.48. The number of nitrogens with zero attached hydrogens (tertiary/aromatic N) is 5. The summed E-state index contributed by atoms with van der Waals surface area (Å²) in [6.07, 6.45) is 5.09. The van der Waals surface area contributed by atoms with E-state index in [9.17, 15) is 14.4 Å². The maximum Gasteiger partial charge on any atom is 0.330 e. The van der Waals surface area contributed by atoms with Gasteiger partial charge in [-0.2, -0.15) is 0 Å². The Hall–Kier alpha value is -2.17. The molecule has 0 unspecified atom stereocenters. The lowest BCUT2D eigenvalue weighted by atomic mass is 9.97. The monoisotopic (exact) mass is 475 g/mol. The zero-order valence-corrected chi connectivity index (χ0v) is 20.6. The van der Waals surface area contributed by atoms with Crippen LogP contribution in [0.25, 0.3) is 10.2 Å². The molecule has 0 N–H and O–H groups in total. The van der Waals surface area contributed by atoms with Crippen LogP contribution in [0.5, 0.6) is 0 Å². The van der Waals surface area contributed by atoms with Crippen molar-refractivity contribution in [3.8, 4) is 0 Å². The first kappa shape index (κ1) is 23.0. The molecular formula is C22H29N5O3S2. The molecule has 0 aliphatic heterocycles. The second kappa shape index (κ2) is 9.36. The average Bonchev–Trinajstić information content (AvgIpc) is 3.14. The number of aromatic nitrogens is 4. The Morgan fingerprint density at radius 1 is 1.12 bits per heavy atom. The van der Waals surface area contributed by atoms with E-state index in [1.165, 1.54) is 39.9 Å². The minimum atomic E-state index is -0.356. The van der Waals surface area contributed by atoms with E-state index in [0.29, 0.717) is 23.1 Å². The summed E-state index contributed by atoms with van der Waals surface area (Å²) >= 11 is 3.05. The van der Waals surface area contributed by atoms with Gasteiger partial charge in [0.1, 0.15) is 4.83 Å². The van der Waals surface area contributed by atoms with Gasteiger partial charge in [-0.25, -0.2) is 9.78 Å². The first-order valence-corrected chi connectivity index (χ1v) is 12.7. The fraction of sp³-hybridized carbons (Fsp3) is 0.545. The van der Waals surface area contributed by atoms with E-state index in [2.05, 4.69) is 4.90 Å². The van der Waals surface area contributed by atoms with Gasteiger partial charge in [0, 0.05) is 43.0 Å². The average molecular weight is 476 g/mol. The maximum atomic E-state index is 13.6. The van der Waals surface area contributed by atoms with Crippen LogP contribution in [-0.4, -0.2) is 44.2 Å². The van der Waals surface area contributed by atoms with Gasteiger partial charge in [0.2, 0.25) is 0 Å². The molecule has 3 heterocycles. The van der Waals surface area contributed by atoms with Gasteiger partial charge in [0.05, 0.1) is 5.39 Å². The van der Waals surface area contributed by atoms with Crippen LogP contribution in [0.3, 0.4) is 0 Å². The molecule has 172 valence electrons. The highest BCUT2D eigenvalue weighted by molar-refractivity contribution is 7.98. The second-order valence-corrected chi connectivity index (χ2v) is 10.6. The molecule has 0 amide bonds. The highest BCUT2D eigenvalue weighted by Gasteiger charge is 2.22. The van der Waals surface area contributed by atoms with Gasteiger partial charge < -0.3 is 4.90 Å². The summed E-state index contributed by atoms with van der Waals surface area (Å²) in [5.41, 5.74) is 1.16. The Morgan fingerprint density at radius 3 is 2.62 bits per heavy atom. The van der Waals surface area contributed by atoms with Gasteiger partial charge in [-0.1, -0.05) is 11.8 Å².